The van der Waals surface area contributed by atoms with Gasteiger partial charge in [-0.3, -0.25) is 0 Å². The van der Waals surface area contributed by atoms with Gasteiger partial charge in [-0.05, 0) is 295 Å². The van der Waals surface area contributed by atoms with Gasteiger partial charge >= 0.3 is 0 Å². The molecule has 22 rings (SSSR count). The Balaban J connectivity index is 0.948. The van der Waals surface area contributed by atoms with Crippen molar-refractivity contribution in [3.63, 3.8) is 0 Å². The first-order valence-corrected chi connectivity index (χ1v) is 47.0. The van der Waals surface area contributed by atoms with Crippen molar-refractivity contribution in [3.8, 4) is 83.8 Å². The lowest BCUT2D eigenvalue weighted by Crippen LogP contribution is -2.61. The maximum atomic E-state index is 2.80. The van der Waals surface area contributed by atoms with Crippen LogP contribution in [0.1, 0.15) is 184 Å². The van der Waals surface area contributed by atoms with Crippen molar-refractivity contribution in [2.45, 2.75) is 183 Å². The van der Waals surface area contributed by atoms with Crippen molar-refractivity contribution in [1.29, 1.82) is 0 Å². The molecular weight excluding hydrogens is 1570 g/mol. The van der Waals surface area contributed by atoms with Gasteiger partial charge in [-0.25, -0.2) is 0 Å². The highest BCUT2D eigenvalue weighted by Crippen LogP contribution is 2.57. The Kier molecular flexibility index (Phi) is 18.4. The molecule has 3 aliphatic rings. The van der Waals surface area contributed by atoms with Crippen LogP contribution in [0.5, 0.6) is 0 Å². The predicted molar refractivity (Wildman–Crippen MR) is 561 cm³/mol. The highest BCUT2D eigenvalue weighted by molar-refractivity contribution is 7.00. The third-order valence-electron chi connectivity index (χ3n) is 28.8. The van der Waals surface area contributed by atoms with Crippen LogP contribution in [0.2, 0.25) is 0 Å². The minimum absolute atomic E-state index is 0.0886. The molecule has 640 valence electrons. The van der Waals surface area contributed by atoms with E-state index in [1.807, 2.05) is 0 Å². The van der Waals surface area contributed by atoms with Gasteiger partial charge in [0, 0.05) is 94.4 Å². The number of anilines is 6. The van der Waals surface area contributed by atoms with Crippen LogP contribution in [0.25, 0.3) is 149 Å². The van der Waals surface area contributed by atoms with E-state index in [1.54, 1.807) is 0 Å². The van der Waals surface area contributed by atoms with Crippen molar-refractivity contribution in [1.82, 2.24) is 13.7 Å². The minimum atomic E-state index is -0.398. The zero-order valence-electron chi connectivity index (χ0n) is 79.4. The monoisotopic (exact) mass is 1690 g/mol. The molecule has 0 saturated carbocycles. The lowest BCUT2D eigenvalue weighted by atomic mass is 9.33. The summed E-state index contributed by atoms with van der Waals surface area (Å²) < 4.78 is 7.66. The van der Waals surface area contributed by atoms with E-state index in [0.29, 0.717) is 0 Å². The van der Waals surface area contributed by atoms with Crippen LogP contribution in [0.15, 0.2) is 322 Å². The summed E-state index contributed by atoms with van der Waals surface area (Å²) in [5, 5.41) is 7.42. The Morgan fingerprint density at radius 2 is 0.454 bits per heavy atom. The zero-order chi connectivity index (χ0) is 90.3. The third kappa shape index (κ3) is 13.4. The highest BCUT2D eigenvalue weighted by Gasteiger charge is 2.47. The first-order valence-electron chi connectivity index (χ1n) is 47.0. The smallest absolute Gasteiger partial charge is 0.252 e. The fraction of sp³-hybridized carbons (Fsp3) is 0.226. The average Bonchev–Trinajstić information content (AvgIpc) is 0.700. The van der Waals surface area contributed by atoms with Gasteiger partial charge in [0.25, 0.3) is 6.71 Å². The van der Waals surface area contributed by atoms with Crippen molar-refractivity contribution in [2.24, 2.45) is 0 Å². The van der Waals surface area contributed by atoms with E-state index in [9.17, 15) is 0 Å². The van der Waals surface area contributed by atoms with E-state index < -0.39 is 5.41 Å². The van der Waals surface area contributed by atoms with Crippen molar-refractivity contribution >= 4 is 123 Å². The Morgan fingerprint density at radius 1 is 0.185 bits per heavy atom. The molecule has 19 aromatic rings. The van der Waals surface area contributed by atoms with E-state index in [0.717, 1.165) is 129 Å². The van der Waals surface area contributed by atoms with E-state index in [2.05, 4.69) is 490 Å². The lowest BCUT2D eigenvalue weighted by molar-refractivity contribution is 0.590. The summed E-state index contributed by atoms with van der Waals surface area (Å²) in [6.07, 6.45) is 0. The average molecular weight is 1690 g/mol. The highest BCUT2D eigenvalue weighted by atomic mass is 15.2. The molecule has 0 fully saturated rings. The molecule has 0 spiro atoms. The predicted octanol–water partition coefficient (Wildman–Crippen LogP) is 32.5. The first kappa shape index (κ1) is 82.3. The van der Waals surface area contributed by atoms with Gasteiger partial charge in [-0.2, -0.15) is 0 Å². The quantitative estimate of drug-likeness (QED) is 0.160. The van der Waals surface area contributed by atoms with Crippen LogP contribution in [-0.4, -0.2) is 20.4 Å². The van der Waals surface area contributed by atoms with E-state index in [-0.39, 0.29) is 39.2 Å². The van der Waals surface area contributed by atoms with E-state index in [4.69, 9.17) is 0 Å². The lowest BCUT2D eigenvalue weighted by Gasteiger charge is -2.47. The second-order valence-corrected chi connectivity index (χ2v) is 44.7. The molecule has 5 nitrogen and oxygen atoms in total. The fourth-order valence-electron chi connectivity index (χ4n) is 21.3. The summed E-state index contributed by atoms with van der Waals surface area (Å²) in [5.74, 6) is 0. The van der Waals surface area contributed by atoms with Crippen LogP contribution in [0.4, 0.5) is 34.1 Å². The largest absolute Gasteiger partial charge is 0.310 e. The number of benzene rings is 16. The number of aromatic nitrogens is 3. The molecule has 6 heterocycles. The van der Waals surface area contributed by atoms with Crippen LogP contribution in [-0.2, 0) is 37.9 Å². The Labute approximate surface area is 768 Å². The molecule has 0 aliphatic carbocycles. The van der Waals surface area contributed by atoms with Gasteiger partial charge in [0.05, 0.1) is 44.5 Å². The maximum absolute atomic E-state index is 2.80. The zero-order valence-corrected chi connectivity index (χ0v) is 79.4. The molecule has 13 bridgehead atoms. The SMILES string of the molecule is CC(C)(C)c1cc(-c2ccccc2)c2c(c1)-c1cccc(c1)-c1ccc3c(c1)c1cc(ccc1n3-c1ccccc1)-c1cccc(c1)-c1cc(C(C)(C)C)cc(-c3ccccc3)c1N1c3cc(-n4c5ccc(C(C)(C)C)cc5c5cc(C(C)(C)C)ccc54)ccc3B3c4ccc(-n5c6ccc(C(C)(C)C)cc6c6cc(C(C)(C)C)ccc65)cc4N2c2cc(C(C)(C)C)cc1c23. The van der Waals surface area contributed by atoms with Gasteiger partial charge in [0.1, 0.15) is 0 Å². The fourth-order valence-corrected chi connectivity index (χ4v) is 21.3. The number of rotatable bonds is 5. The topological polar surface area (TPSA) is 21.3 Å². The Bertz CT molecular complexity index is 7350. The van der Waals surface area contributed by atoms with E-state index in [1.165, 1.54) is 110 Å². The summed E-state index contributed by atoms with van der Waals surface area (Å²) in [5.41, 5.74) is 42.2. The molecule has 130 heavy (non-hydrogen) atoms. The number of fused-ring (bicyclic) bond motifs is 26. The summed E-state index contributed by atoms with van der Waals surface area (Å²) >= 11 is 0. The second kappa shape index (κ2) is 29.0. The molecule has 0 unspecified atom stereocenters. The molecular formula is C124H116BN5. The number of para-hydroxylation sites is 1. The number of hydrogen-bond acceptors (Lipinski definition) is 2. The first-order chi connectivity index (χ1) is 61.9. The molecule has 0 N–H and O–H groups in total. The summed E-state index contributed by atoms with van der Waals surface area (Å²) in [6, 6.07) is 127. The number of nitrogens with zero attached hydrogens (tertiary/aromatic N) is 5. The molecule has 0 amide bonds. The molecule has 3 aliphatic heterocycles. The van der Waals surface area contributed by atoms with Crippen LogP contribution >= 0.6 is 0 Å². The standard InChI is InChI=1S/C124H116BN5/c1-118(2,3)83-45-55-107-99(63-83)100-64-84(119(4,5)6)46-56-108(100)127(107)91-49-51-103-111(73-91)129-113-71-89(124(19,20)21)72-114-115(113)125(103)104-52-50-92(128-109-57-47-85(120(7,8)9)65-101(109)102-66-86(121(10,11)12)48-58-110(102)128)74-112(104)130(114)117-94(76-35-27-23-28-36-76)68-88(123(16,17)18)70-96(117)82-40-32-38-78(60-82)80-44-54-106-98(62-80)97-61-79(43-53-105(97)126(106)90-41-29-24-30-42-90)77-37-31-39-81(59-77)95-69-87(122(13,14)15)67-93(116(95)129)75-33-25-22-26-34-75/h22-74H,1-21H3. The van der Waals surface area contributed by atoms with E-state index >= 15 is 0 Å². The van der Waals surface area contributed by atoms with Gasteiger partial charge in [-0.15, -0.1) is 0 Å². The van der Waals surface area contributed by atoms with Gasteiger partial charge in [0.2, 0.25) is 0 Å². The van der Waals surface area contributed by atoms with Crippen LogP contribution in [0, 0.1) is 0 Å². The van der Waals surface area contributed by atoms with Crippen molar-refractivity contribution in [2.75, 3.05) is 9.80 Å². The summed E-state index contributed by atoms with van der Waals surface area (Å²) in [4.78, 5) is 5.60. The molecule has 3 aromatic heterocycles. The van der Waals surface area contributed by atoms with Crippen LogP contribution < -0.4 is 26.2 Å². The number of hydrogen-bond donors (Lipinski definition) is 0. The van der Waals surface area contributed by atoms with Gasteiger partial charge in [0.15, 0.2) is 0 Å². The van der Waals surface area contributed by atoms with Gasteiger partial charge < -0.3 is 23.5 Å². The molecule has 0 radical (unpaired) electrons. The Hall–Kier alpha value is -13.4. The van der Waals surface area contributed by atoms with Crippen LogP contribution in [0.3, 0.4) is 0 Å². The normalized spacial score (nSPS) is 13.5. The maximum Gasteiger partial charge on any atom is 0.252 e. The second-order valence-electron chi connectivity index (χ2n) is 44.7. The summed E-state index contributed by atoms with van der Waals surface area (Å²) in [6.45, 7) is 49.5. The molecule has 0 saturated heterocycles. The molecule has 16 aromatic carbocycles. The molecule has 0 atom stereocenters. The third-order valence-corrected chi connectivity index (χ3v) is 28.8. The van der Waals surface area contributed by atoms with Gasteiger partial charge in [-0.1, -0.05) is 309 Å². The van der Waals surface area contributed by atoms with Crippen molar-refractivity contribution in [3.05, 3.63) is 360 Å². The minimum Gasteiger partial charge on any atom is -0.310 e. The molecule has 6 heteroatoms. The van der Waals surface area contributed by atoms with Crippen molar-refractivity contribution < 1.29 is 0 Å². The Morgan fingerprint density at radius 3 is 0.785 bits per heavy atom. The summed E-state index contributed by atoms with van der Waals surface area (Å²) in [7, 11) is 0.